The smallest absolute Gasteiger partial charge is 0.264 e. The van der Waals surface area contributed by atoms with Crippen LogP contribution >= 0.6 is 0 Å². The highest BCUT2D eigenvalue weighted by Crippen LogP contribution is 2.36. The van der Waals surface area contributed by atoms with Crippen molar-refractivity contribution in [1.82, 2.24) is 10.0 Å². The van der Waals surface area contributed by atoms with Crippen molar-refractivity contribution in [3.05, 3.63) is 34.2 Å². The summed E-state index contributed by atoms with van der Waals surface area (Å²) >= 11 is 0. The zero-order valence-corrected chi connectivity index (χ0v) is 16.4. The average Bonchev–Trinajstić information content (AvgIpc) is 3.41. The van der Waals surface area contributed by atoms with E-state index < -0.39 is 26.1 Å². The summed E-state index contributed by atoms with van der Waals surface area (Å²) in [5.41, 5.74) is 1.43. The van der Waals surface area contributed by atoms with E-state index >= 15 is 0 Å². The van der Waals surface area contributed by atoms with Crippen molar-refractivity contribution in [2.24, 2.45) is 11.8 Å². The molecule has 1 aliphatic carbocycles. The Kier molecular flexibility index (Phi) is 6.68. The first-order chi connectivity index (χ1) is 13.1. The van der Waals surface area contributed by atoms with Crippen LogP contribution in [0.2, 0.25) is 0 Å². The predicted octanol–water partition coefficient (Wildman–Crippen LogP) is -0.470. The van der Waals surface area contributed by atoms with Gasteiger partial charge in [-0.2, -0.15) is 0 Å². The number of carbonyl (C=O) groups excluding carboxylic acids is 1. The molecule has 3 N–H and O–H groups in total. The molecule has 150 valence electrons. The Morgan fingerprint density at radius 1 is 1.43 bits per heavy atom. The molecule has 1 aromatic rings. The minimum atomic E-state index is -3.83. The lowest BCUT2D eigenvalue weighted by Crippen LogP contribution is -2.49. The van der Waals surface area contributed by atoms with Gasteiger partial charge in [-0.15, -0.1) is 0 Å². The first-order valence-corrected chi connectivity index (χ1v) is 10.5. The number of nitrogens with one attached hydrogen (secondary N) is 1. The van der Waals surface area contributed by atoms with Crippen molar-refractivity contribution < 1.29 is 23.5 Å². The molecule has 1 aliphatic rings. The maximum atomic E-state index is 12.2. The van der Waals surface area contributed by atoms with Gasteiger partial charge in [0.25, 0.3) is 11.5 Å². The number of hydroxylamine groups is 1. The van der Waals surface area contributed by atoms with Crippen LogP contribution in [0.5, 0.6) is 0 Å². The number of aliphatic hydroxyl groups is 1. The summed E-state index contributed by atoms with van der Waals surface area (Å²) in [5.74, 6) is 10.4. The number of aryl methyl sites for hydroxylation is 1. The predicted molar refractivity (Wildman–Crippen MR) is 102 cm³/mol. The first-order valence-electron chi connectivity index (χ1n) is 8.59. The van der Waals surface area contributed by atoms with Crippen LogP contribution < -0.4 is 11.0 Å². The van der Waals surface area contributed by atoms with Crippen LogP contribution in [0.4, 0.5) is 0 Å². The summed E-state index contributed by atoms with van der Waals surface area (Å²) in [6, 6.07) is 2.89. The van der Waals surface area contributed by atoms with E-state index in [-0.39, 0.29) is 31.4 Å². The van der Waals surface area contributed by atoms with Crippen LogP contribution in [0.1, 0.15) is 25.3 Å². The van der Waals surface area contributed by atoms with Crippen LogP contribution in [-0.4, -0.2) is 46.8 Å². The minimum Gasteiger partial charge on any atom is -0.396 e. The number of rotatable bonds is 6. The maximum absolute atomic E-state index is 12.2. The van der Waals surface area contributed by atoms with Crippen LogP contribution in [0.25, 0.3) is 0 Å². The molecule has 2 rings (SSSR count). The fourth-order valence-electron chi connectivity index (χ4n) is 2.55. The van der Waals surface area contributed by atoms with Crippen molar-refractivity contribution in [1.29, 1.82) is 0 Å². The fourth-order valence-corrected chi connectivity index (χ4v) is 3.39. The highest BCUT2D eigenvalue weighted by molar-refractivity contribution is 7.92. The molecule has 1 aromatic heterocycles. The largest absolute Gasteiger partial charge is 0.396 e. The average molecular weight is 406 g/mol. The lowest BCUT2D eigenvalue weighted by atomic mass is 10.1. The third kappa shape index (κ3) is 5.02. The standard InChI is InChI=1S/C19H22N2O6S/c1-19(18(24)20-25,28(2,26)27)8-10-21-9-7-14(11-17(21)23)5-3-4-6-15-12-16(15)13-22/h7,9,11,15-16,22,25H,8,10,12-13H2,1-2H3,(H,20,24)/t15-,16+,19?/m1/s1. The van der Waals surface area contributed by atoms with Crippen molar-refractivity contribution in [3.8, 4) is 23.7 Å². The second-order valence-electron chi connectivity index (χ2n) is 6.95. The van der Waals surface area contributed by atoms with Crippen molar-refractivity contribution in [2.75, 3.05) is 12.9 Å². The molecule has 0 bridgehead atoms. The molecule has 1 unspecified atom stereocenters. The van der Waals surface area contributed by atoms with E-state index in [0.29, 0.717) is 5.56 Å². The second kappa shape index (κ2) is 8.61. The molecular formula is C19H22N2O6S. The van der Waals surface area contributed by atoms with Gasteiger partial charge < -0.3 is 9.67 Å². The molecular weight excluding hydrogens is 384 g/mol. The van der Waals surface area contributed by atoms with E-state index in [0.717, 1.165) is 12.7 Å². The van der Waals surface area contributed by atoms with Gasteiger partial charge in [0.2, 0.25) is 0 Å². The highest BCUT2D eigenvalue weighted by atomic mass is 32.2. The van der Waals surface area contributed by atoms with Gasteiger partial charge in [-0.05, 0) is 43.6 Å². The fraction of sp³-hybridized carbons (Fsp3) is 0.474. The Hall–Kier alpha value is -2.59. The summed E-state index contributed by atoms with van der Waals surface area (Å²) in [6.45, 7) is 1.29. The van der Waals surface area contributed by atoms with Crippen molar-refractivity contribution in [3.63, 3.8) is 0 Å². The molecule has 0 spiro atoms. The summed E-state index contributed by atoms with van der Waals surface area (Å²) in [4.78, 5) is 24.0. The molecule has 8 nitrogen and oxygen atoms in total. The Morgan fingerprint density at radius 2 is 2.14 bits per heavy atom. The summed E-state index contributed by atoms with van der Waals surface area (Å²) in [5, 5.41) is 17.8. The van der Waals surface area contributed by atoms with E-state index in [9.17, 15) is 18.0 Å². The maximum Gasteiger partial charge on any atom is 0.264 e. The van der Waals surface area contributed by atoms with Gasteiger partial charge in [0.15, 0.2) is 14.6 Å². The molecule has 3 atom stereocenters. The minimum absolute atomic E-state index is 0.0342. The number of nitrogens with zero attached hydrogens (tertiary/aromatic N) is 1. The number of hydrogen-bond acceptors (Lipinski definition) is 6. The first kappa shape index (κ1) is 21.7. The van der Waals surface area contributed by atoms with Gasteiger partial charge in [-0.1, -0.05) is 11.8 Å². The third-order valence-corrected chi connectivity index (χ3v) is 6.94. The summed E-state index contributed by atoms with van der Waals surface area (Å²) in [7, 11) is -3.83. The number of pyridine rings is 1. The normalized spacial score (nSPS) is 20.0. The number of carbonyl (C=O) groups is 1. The van der Waals surface area contributed by atoms with Crippen LogP contribution in [0.3, 0.4) is 0 Å². The molecule has 0 aliphatic heterocycles. The van der Waals surface area contributed by atoms with E-state index in [1.54, 1.807) is 6.07 Å². The van der Waals surface area contributed by atoms with E-state index in [1.165, 1.54) is 29.2 Å². The number of amides is 1. The third-order valence-electron chi connectivity index (χ3n) is 4.91. The number of sulfone groups is 1. The van der Waals surface area contributed by atoms with Gasteiger partial charge in [0, 0.05) is 43.2 Å². The molecule has 28 heavy (non-hydrogen) atoms. The Morgan fingerprint density at radius 3 is 2.68 bits per heavy atom. The van der Waals surface area contributed by atoms with Crippen molar-refractivity contribution in [2.45, 2.75) is 31.1 Å². The Balaban J connectivity index is 2.09. The lowest BCUT2D eigenvalue weighted by molar-refractivity contribution is -0.131. The SMILES string of the molecule is CC(CCn1ccc(C#CC#C[C@@H]2C[C@H]2CO)cc1=O)(C(=O)NO)S(C)(=O)=O. The summed E-state index contributed by atoms with van der Waals surface area (Å²) in [6.07, 6.45) is 3.04. The van der Waals surface area contributed by atoms with E-state index in [4.69, 9.17) is 10.3 Å². The zero-order valence-electron chi connectivity index (χ0n) is 15.6. The van der Waals surface area contributed by atoms with Gasteiger partial charge in [-0.3, -0.25) is 14.8 Å². The topological polar surface area (TPSA) is 126 Å². The molecule has 1 amide bonds. The number of hydrogen-bond donors (Lipinski definition) is 3. The van der Waals surface area contributed by atoms with Crippen LogP contribution in [0.15, 0.2) is 23.1 Å². The molecule has 0 radical (unpaired) electrons. The van der Waals surface area contributed by atoms with Gasteiger partial charge in [0.05, 0.1) is 0 Å². The second-order valence-corrected chi connectivity index (χ2v) is 9.39. The molecule has 9 heteroatoms. The zero-order chi connectivity index (χ0) is 20.9. The summed E-state index contributed by atoms with van der Waals surface area (Å²) < 4.78 is 23.3. The van der Waals surface area contributed by atoms with Crippen LogP contribution in [-0.2, 0) is 21.2 Å². The monoisotopic (exact) mass is 406 g/mol. The Bertz CT molecular complexity index is 1040. The number of aliphatic hydroxyl groups excluding tert-OH is 1. The van der Waals surface area contributed by atoms with Gasteiger partial charge in [-0.25, -0.2) is 13.9 Å². The van der Waals surface area contributed by atoms with E-state index in [1.807, 2.05) is 0 Å². The molecule has 0 saturated heterocycles. The molecule has 1 heterocycles. The van der Waals surface area contributed by atoms with Crippen LogP contribution in [0, 0.1) is 35.5 Å². The molecule has 1 fully saturated rings. The molecule has 1 saturated carbocycles. The highest BCUT2D eigenvalue weighted by Gasteiger charge is 2.43. The lowest BCUT2D eigenvalue weighted by Gasteiger charge is -2.25. The Labute approximate surface area is 163 Å². The quantitative estimate of drug-likeness (QED) is 0.333. The number of aromatic nitrogens is 1. The van der Waals surface area contributed by atoms with Crippen molar-refractivity contribution >= 4 is 15.7 Å². The van der Waals surface area contributed by atoms with Gasteiger partial charge in [0.1, 0.15) is 0 Å². The molecule has 0 aromatic carbocycles. The van der Waals surface area contributed by atoms with Gasteiger partial charge >= 0.3 is 0 Å². The van der Waals surface area contributed by atoms with E-state index in [2.05, 4.69) is 23.7 Å².